The molecule has 1 aliphatic heterocycles. The number of carbonyl (C=O) groups is 2. The predicted molar refractivity (Wildman–Crippen MR) is 108 cm³/mol. The summed E-state index contributed by atoms with van der Waals surface area (Å²) in [6, 6.07) is 10.2. The number of carbonyl (C=O) groups excluding carboxylic acids is 1. The highest BCUT2D eigenvalue weighted by molar-refractivity contribution is 8.24. The molecule has 1 aliphatic rings. The van der Waals surface area contributed by atoms with Gasteiger partial charge in [0.1, 0.15) is 16.1 Å². The monoisotopic (exact) mass is 420 g/mol. The Kier molecular flexibility index (Phi) is 6.28. The average molecular weight is 420 g/mol. The molecule has 0 bridgehead atoms. The van der Waals surface area contributed by atoms with E-state index in [1.165, 1.54) is 23.9 Å². The van der Waals surface area contributed by atoms with Crippen molar-refractivity contribution in [2.45, 2.75) is 24.1 Å². The molecule has 1 amide bonds. The summed E-state index contributed by atoms with van der Waals surface area (Å²) in [7, 11) is 0. The Balaban J connectivity index is 1.64. The Morgan fingerprint density at radius 2 is 1.96 bits per heavy atom. The molecule has 1 fully saturated rings. The van der Waals surface area contributed by atoms with Crippen LogP contribution in [0.5, 0.6) is 11.5 Å². The quantitative estimate of drug-likeness (QED) is 0.592. The number of carboxylic acid groups (broad SMARTS) is 1. The highest BCUT2D eigenvalue weighted by Crippen LogP contribution is 2.28. The lowest BCUT2D eigenvalue weighted by molar-refractivity contribution is -0.138. The molecule has 2 aromatic carbocycles. The van der Waals surface area contributed by atoms with Crippen molar-refractivity contribution in [1.29, 1.82) is 0 Å². The van der Waals surface area contributed by atoms with Crippen molar-refractivity contribution in [1.82, 2.24) is 5.32 Å². The van der Waals surface area contributed by atoms with Crippen LogP contribution in [0.15, 0.2) is 42.5 Å². The SMILES string of the molecule is N[C@@H](Cc1ccc(Oc2ccc(CC3SC(=S)NC3=O)cc2F)cc1)C(=O)O. The van der Waals surface area contributed by atoms with E-state index in [1.807, 2.05) is 0 Å². The van der Waals surface area contributed by atoms with Gasteiger partial charge in [0, 0.05) is 0 Å². The minimum absolute atomic E-state index is 0.0535. The minimum atomic E-state index is -1.07. The molecule has 0 spiro atoms. The van der Waals surface area contributed by atoms with Crippen molar-refractivity contribution in [3.8, 4) is 11.5 Å². The number of thioether (sulfide) groups is 1. The fourth-order valence-electron chi connectivity index (χ4n) is 2.66. The fourth-order valence-corrected chi connectivity index (χ4v) is 3.97. The molecule has 0 aliphatic carbocycles. The summed E-state index contributed by atoms with van der Waals surface area (Å²) in [6.07, 6.45) is 0.557. The van der Waals surface area contributed by atoms with Gasteiger partial charge in [-0.1, -0.05) is 42.2 Å². The Morgan fingerprint density at radius 3 is 2.54 bits per heavy atom. The number of amides is 1. The first-order valence-corrected chi connectivity index (χ1v) is 9.65. The van der Waals surface area contributed by atoms with Crippen LogP contribution in [0.4, 0.5) is 4.39 Å². The first-order valence-electron chi connectivity index (χ1n) is 8.37. The standard InChI is InChI=1S/C19H17FN2O4S2/c20-13-7-11(9-16-17(23)22-19(27)28-16)3-6-15(13)26-12-4-1-10(2-5-12)8-14(21)18(24)25/h1-7,14,16H,8-9,21H2,(H,24,25)(H,22,23,27)/t14-,16?/m0/s1. The second kappa shape index (κ2) is 8.68. The Morgan fingerprint density at radius 1 is 1.29 bits per heavy atom. The van der Waals surface area contributed by atoms with Gasteiger partial charge in [-0.25, -0.2) is 4.39 Å². The molecule has 1 unspecified atom stereocenters. The Labute approximate surface area is 170 Å². The largest absolute Gasteiger partial charge is 0.480 e. The van der Waals surface area contributed by atoms with E-state index in [2.05, 4.69) is 5.32 Å². The van der Waals surface area contributed by atoms with Gasteiger partial charge in [-0.15, -0.1) is 0 Å². The third-order valence-electron chi connectivity index (χ3n) is 4.11. The van der Waals surface area contributed by atoms with E-state index in [0.717, 1.165) is 5.56 Å². The summed E-state index contributed by atoms with van der Waals surface area (Å²) in [5.41, 5.74) is 6.91. The molecule has 146 valence electrons. The molecule has 9 heteroatoms. The molecular formula is C19H17FN2O4S2. The molecule has 2 aromatic rings. The summed E-state index contributed by atoms with van der Waals surface area (Å²) in [6.45, 7) is 0. The van der Waals surface area contributed by atoms with Crippen molar-refractivity contribution in [2.75, 3.05) is 0 Å². The molecule has 3 rings (SSSR count). The lowest BCUT2D eigenvalue weighted by Gasteiger charge is -2.11. The molecule has 6 nitrogen and oxygen atoms in total. The zero-order valence-electron chi connectivity index (χ0n) is 14.6. The number of thiocarbonyl (C=S) groups is 1. The van der Waals surface area contributed by atoms with Gasteiger partial charge in [-0.3, -0.25) is 9.59 Å². The van der Waals surface area contributed by atoms with Gasteiger partial charge in [0.2, 0.25) is 5.91 Å². The number of nitrogens with one attached hydrogen (secondary N) is 1. The normalized spacial score (nSPS) is 17.3. The van der Waals surface area contributed by atoms with Crippen molar-refractivity contribution in [2.24, 2.45) is 5.73 Å². The van der Waals surface area contributed by atoms with Gasteiger partial charge in [0.25, 0.3) is 0 Å². The highest BCUT2D eigenvalue weighted by Gasteiger charge is 2.29. The molecule has 1 saturated heterocycles. The maximum absolute atomic E-state index is 14.4. The van der Waals surface area contributed by atoms with Gasteiger partial charge in [-0.05, 0) is 48.2 Å². The third kappa shape index (κ3) is 5.06. The molecule has 1 heterocycles. The molecule has 28 heavy (non-hydrogen) atoms. The zero-order chi connectivity index (χ0) is 20.3. The average Bonchev–Trinajstić information content (AvgIpc) is 2.96. The van der Waals surface area contributed by atoms with Crippen LogP contribution in [0, 0.1) is 5.82 Å². The molecule has 2 atom stereocenters. The van der Waals surface area contributed by atoms with Crippen LogP contribution in [0.25, 0.3) is 0 Å². The van der Waals surface area contributed by atoms with E-state index in [1.54, 1.807) is 30.3 Å². The molecule has 0 saturated carbocycles. The summed E-state index contributed by atoms with van der Waals surface area (Å²) in [5.74, 6) is -1.31. The number of carboxylic acids is 1. The number of ether oxygens (including phenoxy) is 1. The topological polar surface area (TPSA) is 102 Å². The van der Waals surface area contributed by atoms with E-state index >= 15 is 0 Å². The van der Waals surface area contributed by atoms with E-state index < -0.39 is 17.8 Å². The zero-order valence-corrected chi connectivity index (χ0v) is 16.2. The maximum Gasteiger partial charge on any atom is 0.320 e. The van der Waals surface area contributed by atoms with Gasteiger partial charge in [0.05, 0.1) is 5.25 Å². The third-order valence-corrected chi connectivity index (χ3v) is 5.48. The van der Waals surface area contributed by atoms with E-state index in [4.69, 9.17) is 27.8 Å². The maximum atomic E-state index is 14.4. The second-order valence-corrected chi connectivity index (χ2v) is 8.13. The van der Waals surface area contributed by atoms with Crippen molar-refractivity contribution >= 4 is 40.2 Å². The summed E-state index contributed by atoms with van der Waals surface area (Å²) in [4.78, 5) is 22.5. The van der Waals surface area contributed by atoms with Crippen LogP contribution in [-0.4, -0.2) is 32.6 Å². The van der Waals surface area contributed by atoms with Crippen LogP contribution in [0.3, 0.4) is 0 Å². The molecule has 4 N–H and O–H groups in total. The summed E-state index contributed by atoms with van der Waals surface area (Å²) >= 11 is 6.21. The number of rotatable bonds is 7. The first kappa shape index (κ1) is 20.2. The number of halogens is 1. The summed E-state index contributed by atoms with van der Waals surface area (Å²) in [5, 5.41) is 11.0. The first-order chi connectivity index (χ1) is 13.3. The Bertz CT molecular complexity index is 921. The number of benzene rings is 2. The minimum Gasteiger partial charge on any atom is -0.480 e. The molecule has 0 radical (unpaired) electrons. The van der Waals surface area contributed by atoms with Crippen molar-refractivity contribution in [3.05, 3.63) is 59.4 Å². The van der Waals surface area contributed by atoms with Crippen molar-refractivity contribution in [3.63, 3.8) is 0 Å². The van der Waals surface area contributed by atoms with Gasteiger partial charge >= 0.3 is 5.97 Å². The lowest BCUT2D eigenvalue weighted by Crippen LogP contribution is -2.32. The number of aliphatic carboxylic acids is 1. The van der Waals surface area contributed by atoms with Gasteiger partial charge < -0.3 is 20.9 Å². The molecular weight excluding hydrogens is 403 g/mol. The number of nitrogens with two attached hydrogens (primary N) is 1. The van der Waals surface area contributed by atoms with Crippen LogP contribution in [-0.2, 0) is 22.4 Å². The van der Waals surface area contributed by atoms with Gasteiger partial charge in [-0.2, -0.15) is 0 Å². The number of hydrogen-bond acceptors (Lipinski definition) is 6. The van der Waals surface area contributed by atoms with Crippen LogP contribution < -0.4 is 15.8 Å². The smallest absolute Gasteiger partial charge is 0.320 e. The van der Waals surface area contributed by atoms with E-state index in [-0.39, 0.29) is 23.3 Å². The molecule has 0 aromatic heterocycles. The van der Waals surface area contributed by atoms with E-state index in [9.17, 15) is 14.0 Å². The van der Waals surface area contributed by atoms with Crippen LogP contribution in [0.2, 0.25) is 0 Å². The van der Waals surface area contributed by atoms with Crippen molar-refractivity contribution < 1.29 is 23.8 Å². The fraction of sp³-hybridized carbons (Fsp3) is 0.211. The summed E-state index contributed by atoms with van der Waals surface area (Å²) < 4.78 is 20.4. The Hall–Kier alpha value is -2.49. The predicted octanol–water partition coefficient (Wildman–Crippen LogP) is 2.63. The number of hydrogen-bond donors (Lipinski definition) is 3. The highest BCUT2D eigenvalue weighted by atomic mass is 32.2. The van der Waals surface area contributed by atoms with Gasteiger partial charge in [0.15, 0.2) is 11.6 Å². The lowest BCUT2D eigenvalue weighted by atomic mass is 10.1. The van der Waals surface area contributed by atoms with Crippen LogP contribution >= 0.6 is 24.0 Å². The second-order valence-electron chi connectivity index (χ2n) is 6.25. The van der Waals surface area contributed by atoms with Crippen LogP contribution in [0.1, 0.15) is 11.1 Å². The van der Waals surface area contributed by atoms with E-state index in [0.29, 0.717) is 22.1 Å².